The summed E-state index contributed by atoms with van der Waals surface area (Å²) in [5.74, 6) is 2.07. The maximum Gasteiger partial charge on any atom is 0.119 e. The van der Waals surface area contributed by atoms with Crippen molar-refractivity contribution in [1.82, 2.24) is 4.90 Å². The first-order valence-electron chi connectivity index (χ1n) is 8.82. The van der Waals surface area contributed by atoms with Gasteiger partial charge >= 0.3 is 0 Å². The molecule has 3 aliphatic heterocycles. The number of ether oxygens (including phenoxy) is 1. The molecule has 3 nitrogen and oxygen atoms in total. The predicted octanol–water partition coefficient (Wildman–Crippen LogP) is 3.78. The van der Waals surface area contributed by atoms with E-state index in [1.807, 2.05) is 18.2 Å². The lowest BCUT2D eigenvalue weighted by Gasteiger charge is -2.50. The largest absolute Gasteiger partial charge is 0.497 e. The van der Waals surface area contributed by atoms with E-state index in [9.17, 15) is 5.11 Å². The molecule has 0 aromatic heterocycles. The lowest BCUT2D eigenvalue weighted by Crippen LogP contribution is -2.54. The van der Waals surface area contributed by atoms with Crippen molar-refractivity contribution < 1.29 is 9.84 Å². The Morgan fingerprint density at radius 1 is 1.33 bits per heavy atom. The third-order valence-electron chi connectivity index (χ3n) is 5.96. The standard InChI is InChI=1S/C21H25NO2/c1-3-14-13-22-10-9-16(14)11-20(22)21(23)18-6-4-5-15-7-8-17(24-2)12-19(15)18/h3-8,12,14,16,20-21,23H,1,9-11,13H2,2H3/t14-,16?,20?,21+/m0/s1. The average Bonchev–Trinajstić information content (AvgIpc) is 2.66. The third-order valence-corrected chi connectivity index (χ3v) is 5.96. The van der Waals surface area contributed by atoms with Gasteiger partial charge in [-0.3, -0.25) is 4.90 Å². The second-order valence-corrected chi connectivity index (χ2v) is 7.13. The first-order chi connectivity index (χ1) is 11.7. The van der Waals surface area contributed by atoms with Crippen molar-refractivity contribution in [3.63, 3.8) is 0 Å². The molecule has 3 aliphatic rings. The van der Waals surface area contributed by atoms with Gasteiger partial charge in [-0.25, -0.2) is 0 Å². The third kappa shape index (κ3) is 2.52. The number of hydrogen-bond acceptors (Lipinski definition) is 3. The van der Waals surface area contributed by atoms with Gasteiger partial charge in [0, 0.05) is 12.6 Å². The summed E-state index contributed by atoms with van der Waals surface area (Å²) in [6.45, 7) is 6.11. The van der Waals surface area contributed by atoms with Crippen LogP contribution in [0.3, 0.4) is 0 Å². The fourth-order valence-corrected chi connectivity index (χ4v) is 4.57. The summed E-state index contributed by atoms with van der Waals surface area (Å²) < 4.78 is 5.38. The summed E-state index contributed by atoms with van der Waals surface area (Å²) in [6.07, 6.45) is 3.92. The zero-order chi connectivity index (χ0) is 16.7. The van der Waals surface area contributed by atoms with Gasteiger partial charge in [0.1, 0.15) is 5.75 Å². The Hall–Kier alpha value is -1.84. The highest BCUT2D eigenvalue weighted by Crippen LogP contribution is 2.42. The molecule has 0 amide bonds. The molecule has 5 rings (SSSR count). The Kier molecular flexibility index (Phi) is 4.07. The van der Waals surface area contributed by atoms with E-state index in [1.54, 1.807) is 7.11 Å². The van der Waals surface area contributed by atoms with E-state index >= 15 is 0 Å². The lowest BCUT2D eigenvalue weighted by atomic mass is 9.73. The summed E-state index contributed by atoms with van der Waals surface area (Å²) in [5.41, 5.74) is 1.01. The molecule has 2 aromatic carbocycles. The molecule has 3 fully saturated rings. The normalized spacial score (nSPS) is 30.2. The molecule has 3 heterocycles. The Morgan fingerprint density at radius 2 is 2.21 bits per heavy atom. The van der Waals surface area contributed by atoms with E-state index in [0.717, 1.165) is 41.6 Å². The predicted molar refractivity (Wildman–Crippen MR) is 97.2 cm³/mol. The van der Waals surface area contributed by atoms with Gasteiger partial charge in [-0.1, -0.05) is 30.3 Å². The molecule has 24 heavy (non-hydrogen) atoms. The minimum atomic E-state index is -0.464. The van der Waals surface area contributed by atoms with Crippen LogP contribution in [0, 0.1) is 11.8 Å². The molecule has 2 aromatic rings. The topological polar surface area (TPSA) is 32.7 Å². The summed E-state index contributed by atoms with van der Waals surface area (Å²) in [6, 6.07) is 12.5. The molecular weight excluding hydrogens is 298 g/mol. The monoisotopic (exact) mass is 323 g/mol. The molecular formula is C21H25NO2. The van der Waals surface area contributed by atoms with Crippen molar-refractivity contribution in [3.05, 3.63) is 54.6 Å². The summed E-state index contributed by atoms with van der Waals surface area (Å²) in [7, 11) is 1.68. The smallest absolute Gasteiger partial charge is 0.119 e. The molecule has 2 bridgehead atoms. The first-order valence-corrected chi connectivity index (χ1v) is 8.82. The van der Waals surface area contributed by atoms with Crippen LogP contribution in [0.1, 0.15) is 24.5 Å². The molecule has 0 radical (unpaired) electrons. The molecule has 0 spiro atoms. The fraction of sp³-hybridized carbons (Fsp3) is 0.429. The highest BCUT2D eigenvalue weighted by Gasteiger charge is 2.42. The van der Waals surface area contributed by atoms with Gasteiger partial charge in [0.15, 0.2) is 0 Å². The number of aliphatic hydroxyl groups excluding tert-OH is 1. The number of benzene rings is 2. The molecule has 3 saturated heterocycles. The van der Waals surface area contributed by atoms with Gasteiger partial charge in [0.25, 0.3) is 0 Å². The zero-order valence-electron chi connectivity index (χ0n) is 14.2. The molecule has 1 N–H and O–H groups in total. The van der Waals surface area contributed by atoms with Crippen LogP contribution in [0.15, 0.2) is 49.1 Å². The minimum absolute atomic E-state index is 0.205. The van der Waals surface area contributed by atoms with Crippen LogP contribution in [0.4, 0.5) is 0 Å². The molecule has 3 heteroatoms. The quantitative estimate of drug-likeness (QED) is 0.869. The van der Waals surface area contributed by atoms with Gasteiger partial charge in [-0.15, -0.1) is 6.58 Å². The number of nitrogens with zero attached hydrogens (tertiary/aromatic N) is 1. The number of methoxy groups -OCH3 is 1. The van der Waals surface area contributed by atoms with E-state index in [-0.39, 0.29) is 6.04 Å². The van der Waals surface area contributed by atoms with Gasteiger partial charge in [-0.2, -0.15) is 0 Å². The molecule has 3 unspecified atom stereocenters. The van der Waals surface area contributed by atoms with Crippen LogP contribution in [0.2, 0.25) is 0 Å². The van der Waals surface area contributed by atoms with Crippen molar-refractivity contribution in [3.8, 4) is 5.75 Å². The summed E-state index contributed by atoms with van der Waals surface area (Å²) >= 11 is 0. The summed E-state index contributed by atoms with van der Waals surface area (Å²) in [4.78, 5) is 2.45. The molecule has 126 valence electrons. The minimum Gasteiger partial charge on any atom is -0.497 e. The van der Waals surface area contributed by atoms with E-state index in [1.165, 1.54) is 6.42 Å². The van der Waals surface area contributed by atoms with Gasteiger partial charge in [0.05, 0.1) is 13.2 Å². The highest BCUT2D eigenvalue weighted by atomic mass is 16.5. The van der Waals surface area contributed by atoms with Crippen molar-refractivity contribution in [2.45, 2.75) is 25.0 Å². The van der Waals surface area contributed by atoms with Crippen LogP contribution < -0.4 is 4.74 Å². The van der Waals surface area contributed by atoms with Gasteiger partial charge < -0.3 is 9.84 Å². The SMILES string of the molecule is C=C[C@H]1CN2CCC1CC2[C@H](O)c1cccc2ccc(OC)cc12. The van der Waals surface area contributed by atoms with E-state index in [0.29, 0.717) is 11.8 Å². The maximum absolute atomic E-state index is 11.2. The molecule has 5 atom stereocenters. The van der Waals surface area contributed by atoms with Crippen molar-refractivity contribution in [1.29, 1.82) is 0 Å². The van der Waals surface area contributed by atoms with E-state index in [4.69, 9.17) is 4.74 Å². The Labute approximate surface area is 143 Å². The maximum atomic E-state index is 11.2. The Balaban J connectivity index is 1.69. The highest BCUT2D eigenvalue weighted by molar-refractivity contribution is 5.87. The van der Waals surface area contributed by atoms with E-state index in [2.05, 4.69) is 35.8 Å². The van der Waals surface area contributed by atoms with Crippen LogP contribution in [0.25, 0.3) is 10.8 Å². The number of rotatable bonds is 4. The second-order valence-electron chi connectivity index (χ2n) is 7.13. The lowest BCUT2D eigenvalue weighted by molar-refractivity contribution is -0.0444. The molecule has 0 aliphatic carbocycles. The second kappa shape index (κ2) is 6.23. The van der Waals surface area contributed by atoms with Gasteiger partial charge in [-0.05, 0) is 59.7 Å². The van der Waals surface area contributed by atoms with Crippen LogP contribution in [-0.2, 0) is 0 Å². The zero-order valence-corrected chi connectivity index (χ0v) is 14.2. The Morgan fingerprint density at radius 3 is 2.92 bits per heavy atom. The van der Waals surface area contributed by atoms with Crippen LogP contribution in [-0.4, -0.2) is 36.2 Å². The Bertz CT molecular complexity index is 757. The van der Waals surface area contributed by atoms with Crippen molar-refractivity contribution in [2.24, 2.45) is 11.8 Å². The summed E-state index contributed by atoms with van der Waals surface area (Å²) in [5, 5.41) is 13.4. The fourth-order valence-electron chi connectivity index (χ4n) is 4.57. The number of aliphatic hydroxyl groups is 1. The first kappa shape index (κ1) is 15.7. The molecule has 0 saturated carbocycles. The van der Waals surface area contributed by atoms with Crippen molar-refractivity contribution >= 4 is 10.8 Å². The number of hydrogen-bond donors (Lipinski definition) is 1. The van der Waals surface area contributed by atoms with Gasteiger partial charge in [0.2, 0.25) is 0 Å². The van der Waals surface area contributed by atoms with E-state index < -0.39 is 6.10 Å². The number of fused-ring (bicyclic) bond motifs is 4. The number of piperidine rings is 3. The average molecular weight is 323 g/mol. The van der Waals surface area contributed by atoms with Crippen LogP contribution >= 0.6 is 0 Å². The van der Waals surface area contributed by atoms with Crippen molar-refractivity contribution in [2.75, 3.05) is 20.2 Å². The van der Waals surface area contributed by atoms with Crippen LogP contribution in [0.5, 0.6) is 5.75 Å².